The summed E-state index contributed by atoms with van der Waals surface area (Å²) in [6.07, 6.45) is -4.62. The van der Waals surface area contributed by atoms with E-state index in [9.17, 15) is 22.4 Å². The number of carbonyl (C=O) groups is 1. The normalized spacial score (nSPS) is 13.9. The average molecular weight is 515 g/mol. The molecule has 2 rings (SSSR count). The van der Waals surface area contributed by atoms with E-state index in [0.29, 0.717) is 24.6 Å². The van der Waals surface area contributed by atoms with Gasteiger partial charge in [-0.05, 0) is 70.5 Å². The number of rotatable bonds is 5. The minimum absolute atomic E-state index is 0.0635. The van der Waals surface area contributed by atoms with E-state index < -0.39 is 30.1 Å². The van der Waals surface area contributed by atoms with E-state index in [2.05, 4.69) is 0 Å². The predicted molar refractivity (Wildman–Crippen MR) is 104 cm³/mol. The minimum Gasteiger partial charge on any atom is -0.351 e. The highest BCUT2D eigenvalue weighted by Crippen LogP contribution is 2.43. The third-order valence-electron chi connectivity index (χ3n) is 4.27. The molecule has 2 amide bonds. The zero-order valence-electron chi connectivity index (χ0n) is 14.2. The number of benzene rings is 2. The number of primary amides is 1. The van der Waals surface area contributed by atoms with Gasteiger partial charge in [0.15, 0.2) is 0 Å². The number of carbonyl (C=O) groups excluding carboxylic acids is 1. The first-order chi connectivity index (χ1) is 12.5. The molecule has 0 radical (unpaired) electrons. The van der Waals surface area contributed by atoms with E-state index >= 15 is 0 Å². The predicted octanol–water partition coefficient (Wildman–Crippen LogP) is 5.68. The Morgan fingerprint density at radius 3 is 2.26 bits per heavy atom. The highest BCUT2D eigenvalue weighted by molar-refractivity contribution is 14.1. The second-order valence-corrected chi connectivity index (χ2v) is 7.48. The van der Waals surface area contributed by atoms with Gasteiger partial charge in [0, 0.05) is 8.59 Å². The molecule has 0 saturated heterocycles. The zero-order chi connectivity index (χ0) is 20.4. The summed E-state index contributed by atoms with van der Waals surface area (Å²) in [4.78, 5) is 12.7. The molecular weight excluding hydrogens is 499 g/mol. The van der Waals surface area contributed by atoms with Crippen molar-refractivity contribution in [1.82, 2.24) is 4.90 Å². The summed E-state index contributed by atoms with van der Waals surface area (Å²) in [5.41, 5.74) is 4.49. The molecule has 9 heteroatoms. The molecule has 0 spiro atoms. The summed E-state index contributed by atoms with van der Waals surface area (Å²) in [6, 6.07) is 8.45. The number of hydrogen-bond acceptors (Lipinski definition) is 1. The molecule has 0 aliphatic heterocycles. The lowest BCUT2D eigenvalue weighted by Gasteiger charge is -2.44. The summed E-state index contributed by atoms with van der Waals surface area (Å²) in [7, 11) is 0. The van der Waals surface area contributed by atoms with Gasteiger partial charge in [0.1, 0.15) is 12.4 Å². The number of nitrogens with two attached hydrogens (primary N) is 1. The summed E-state index contributed by atoms with van der Waals surface area (Å²) in [5, 5.41) is 0.293. The highest BCUT2D eigenvalue weighted by Gasteiger charge is 2.47. The van der Waals surface area contributed by atoms with Crippen LogP contribution in [0.2, 0.25) is 5.02 Å². The smallest absolute Gasteiger partial charge is 0.351 e. The second kappa shape index (κ2) is 8.22. The minimum atomic E-state index is -4.68. The molecule has 0 fully saturated rings. The Morgan fingerprint density at radius 1 is 1.19 bits per heavy atom. The number of alkyl halides is 3. The van der Waals surface area contributed by atoms with Crippen LogP contribution < -0.4 is 5.73 Å². The van der Waals surface area contributed by atoms with Crippen LogP contribution in [0.3, 0.4) is 0 Å². The Morgan fingerprint density at radius 2 is 1.78 bits per heavy atom. The standard InChI is InChI=1S/C18H16ClF4IN2O/c1-2-17(11-3-6-13(20)7-4-11,14-9-12(19)5-8-15(14)24)26(16(25)27)10-18(21,22)23/h3-9H,2,10H2,1H3,(H2,25,27). The van der Waals surface area contributed by atoms with Gasteiger partial charge in [-0.2, -0.15) is 13.2 Å². The fraction of sp³-hybridized carbons (Fsp3) is 0.278. The van der Waals surface area contributed by atoms with E-state index in [4.69, 9.17) is 17.3 Å². The molecule has 0 heterocycles. The van der Waals surface area contributed by atoms with Crippen molar-refractivity contribution in [2.75, 3.05) is 6.54 Å². The molecule has 1 atom stereocenters. The van der Waals surface area contributed by atoms with Crippen LogP contribution in [-0.2, 0) is 5.54 Å². The van der Waals surface area contributed by atoms with Crippen molar-refractivity contribution in [1.29, 1.82) is 0 Å². The molecular formula is C18H16ClF4IN2O. The molecule has 2 aromatic carbocycles. The van der Waals surface area contributed by atoms with Crippen LogP contribution in [0, 0.1) is 9.39 Å². The Balaban J connectivity index is 2.85. The van der Waals surface area contributed by atoms with E-state index in [1.807, 2.05) is 22.6 Å². The first-order valence-corrected chi connectivity index (χ1v) is 9.32. The molecule has 0 aromatic heterocycles. The number of halogens is 6. The van der Waals surface area contributed by atoms with Crippen molar-refractivity contribution in [2.24, 2.45) is 5.73 Å². The van der Waals surface area contributed by atoms with Crippen LogP contribution in [0.15, 0.2) is 42.5 Å². The Kier molecular flexibility index (Phi) is 6.62. The lowest BCUT2D eigenvalue weighted by Crippen LogP contribution is -2.55. The van der Waals surface area contributed by atoms with E-state index in [1.165, 1.54) is 18.2 Å². The molecule has 0 saturated carbocycles. The fourth-order valence-corrected chi connectivity index (χ4v) is 4.12. The van der Waals surface area contributed by atoms with Crippen LogP contribution in [0.1, 0.15) is 24.5 Å². The van der Waals surface area contributed by atoms with Crippen molar-refractivity contribution in [2.45, 2.75) is 25.1 Å². The van der Waals surface area contributed by atoms with Gasteiger partial charge in [0.25, 0.3) is 0 Å². The van der Waals surface area contributed by atoms with Crippen LogP contribution in [0.4, 0.5) is 22.4 Å². The average Bonchev–Trinajstić information content (AvgIpc) is 2.58. The molecule has 2 aromatic rings. The number of amides is 2. The van der Waals surface area contributed by atoms with Crippen molar-refractivity contribution in [3.63, 3.8) is 0 Å². The summed E-state index contributed by atoms with van der Waals surface area (Å²) in [6.45, 7) is 0.0722. The van der Waals surface area contributed by atoms with Crippen LogP contribution in [0.5, 0.6) is 0 Å². The summed E-state index contributed by atoms with van der Waals surface area (Å²) in [5.74, 6) is -0.550. The van der Waals surface area contributed by atoms with Gasteiger partial charge in [-0.3, -0.25) is 0 Å². The van der Waals surface area contributed by atoms with E-state index in [1.54, 1.807) is 19.1 Å². The molecule has 0 bridgehead atoms. The maximum Gasteiger partial charge on any atom is 0.406 e. The van der Waals surface area contributed by atoms with Gasteiger partial charge in [-0.1, -0.05) is 30.7 Å². The maximum atomic E-state index is 13.4. The van der Waals surface area contributed by atoms with Gasteiger partial charge in [-0.15, -0.1) is 0 Å². The van der Waals surface area contributed by atoms with Crippen molar-refractivity contribution >= 4 is 40.2 Å². The van der Waals surface area contributed by atoms with Gasteiger partial charge in [0.2, 0.25) is 0 Å². The lowest BCUT2D eigenvalue weighted by molar-refractivity contribution is -0.148. The third kappa shape index (κ3) is 4.66. The van der Waals surface area contributed by atoms with Crippen LogP contribution in [0.25, 0.3) is 0 Å². The van der Waals surface area contributed by atoms with Crippen LogP contribution >= 0.6 is 34.2 Å². The Bertz CT molecular complexity index is 829. The monoisotopic (exact) mass is 514 g/mol. The number of hydrogen-bond donors (Lipinski definition) is 1. The first-order valence-electron chi connectivity index (χ1n) is 7.86. The number of urea groups is 1. The van der Waals surface area contributed by atoms with Gasteiger partial charge < -0.3 is 10.6 Å². The van der Waals surface area contributed by atoms with Gasteiger partial charge in [-0.25, -0.2) is 9.18 Å². The van der Waals surface area contributed by atoms with Crippen molar-refractivity contribution in [3.05, 3.63) is 68.0 Å². The molecule has 0 aliphatic rings. The molecule has 3 nitrogen and oxygen atoms in total. The Labute approximate surface area is 172 Å². The fourth-order valence-electron chi connectivity index (χ4n) is 3.16. The Hall–Kier alpha value is -1.55. The van der Waals surface area contributed by atoms with E-state index in [0.717, 1.165) is 12.1 Å². The molecule has 27 heavy (non-hydrogen) atoms. The molecule has 0 aliphatic carbocycles. The van der Waals surface area contributed by atoms with E-state index in [-0.39, 0.29) is 6.42 Å². The van der Waals surface area contributed by atoms with Crippen LogP contribution in [-0.4, -0.2) is 23.7 Å². The quantitative estimate of drug-likeness (QED) is 0.405. The SMILES string of the molecule is CCC(c1ccc(F)cc1)(c1cc(Cl)ccc1I)N(CC(F)(F)F)C(N)=O. The third-order valence-corrected chi connectivity index (χ3v) is 5.45. The largest absolute Gasteiger partial charge is 0.406 e. The van der Waals surface area contributed by atoms with Crippen molar-refractivity contribution < 1.29 is 22.4 Å². The van der Waals surface area contributed by atoms with Gasteiger partial charge in [0.05, 0.1) is 5.54 Å². The topological polar surface area (TPSA) is 46.3 Å². The second-order valence-electron chi connectivity index (χ2n) is 5.88. The number of nitrogens with zero attached hydrogens (tertiary/aromatic N) is 1. The molecule has 2 N–H and O–H groups in total. The maximum absolute atomic E-state index is 13.4. The highest BCUT2D eigenvalue weighted by atomic mass is 127. The molecule has 1 unspecified atom stereocenters. The summed E-state index contributed by atoms with van der Waals surface area (Å²) < 4.78 is 53.9. The van der Waals surface area contributed by atoms with Crippen molar-refractivity contribution in [3.8, 4) is 0 Å². The zero-order valence-corrected chi connectivity index (χ0v) is 17.1. The molecule has 146 valence electrons. The van der Waals surface area contributed by atoms with Gasteiger partial charge >= 0.3 is 12.2 Å². The first kappa shape index (κ1) is 21.7. The summed E-state index contributed by atoms with van der Waals surface area (Å²) >= 11 is 8.05. The lowest BCUT2D eigenvalue weighted by atomic mass is 9.79.